The SMILES string of the molecule is COc1nc(Br)ccc1-n1cnc(C)c1. The van der Waals surface area contributed by atoms with Crippen LogP contribution < -0.4 is 4.74 Å². The van der Waals surface area contributed by atoms with Crippen molar-refractivity contribution in [2.24, 2.45) is 0 Å². The second-order valence-corrected chi connectivity index (χ2v) is 3.90. The first-order valence-electron chi connectivity index (χ1n) is 4.42. The molecule has 0 amide bonds. The van der Waals surface area contributed by atoms with Gasteiger partial charge in [0, 0.05) is 6.20 Å². The molecular formula is C10H10BrN3O. The molecule has 15 heavy (non-hydrogen) atoms. The molecule has 2 aromatic heterocycles. The molecule has 0 atom stereocenters. The highest BCUT2D eigenvalue weighted by atomic mass is 79.9. The largest absolute Gasteiger partial charge is 0.479 e. The Morgan fingerprint density at radius 3 is 2.80 bits per heavy atom. The Morgan fingerprint density at radius 1 is 1.40 bits per heavy atom. The van der Waals surface area contributed by atoms with Gasteiger partial charge in [0.2, 0.25) is 5.88 Å². The van der Waals surface area contributed by atoms with E-state index < -0.39 is 0 Å². The maximum Gasteiger partial charge on any atom is 0.239 e. The number of nitrogens with zero attached hydrogens (tertiary/aromatic N) is 3. The number of aromatic nitrogens is 3. The number of halogens is 1. The molecule has 2 heterocycles. The molecule has 0 aliphatic carbocycles. The smallest absolute Gasteiger partial charge is 0.239 e. The molecule has 0 aliphatic rings. The van der Waals surface area contributed by atoms with Crippen LogP contribution in [0.2, 0.25) is 0 Å². The molecule has 5 heteroatoms. The van der Waals surface area contributed by atoms with Crippen molar-refractivity contribution < 1.29 is 4.74 Å². The number of methoxy groups -OCH3 is 1. The first kappa shape index (κ1) is 10.2. The minimum Gasteiger partial charge on any atom is -0.479 e. The van der Waals surface area contributed by atoms with Crippen LogP contribution in [0, 0.1) is 6.92 Å². The van der Waals surface area contributed by atoms with Gasteiger partial charge in [-0.1, -0.05) is 0 Å². The molecule has 2 aromatic rings. The molecule has 0 saturated heterocycles. The van der Waals surface area contributed by atoms with E-state index in [-0.39, 0.29) is 0 Å². The van der Waals surface area contributed by atoms with E-state index >= 15 is 0 Å². The van der Waals surface area contributed by atoms with Crippen LogP contribution in [0.3, 0.4) is 0 Å². The molecule has 0 aliphatic heterocycles. The van der Waals surface area contributed by atoms with Gasteiger partial charge in [-0.15, -0.1) is 0 Å². The second kappa shape index (κ2) is 4.02. The highest BCUT2D eigenvalue weighted by Gasteiger charge is 2.07. The molecule has 0 fully saturated rings. The van der Waals surface area contributed by atoms with Crippen LogP contribution >= 0.6 is 15.9 Å². The maximum absolute atomic E-state index is 5.20. The molecule has 0 aromatic carbocycles. The fourth-order valence-corrected chi connectivity index (χ4v) is 1.60. The van der Waals surface area contributed by atoms with E-state index in [0.29, 0.717) is 5.88 Å². The van der Waals surface area contributed by atoms with E-state index in [2.05, 4.69) is 25.9 Å². The average molecular weight is 268 g/mol. The van der Waals surface area contributed by atoms with Crippen molar-refractivity contribution in [3.05, 3.63) is 35.0 Å². The maximum atomic E-state index is 5.20. The summed E-state index contributed by atoms with van der Waals surface area (Å²) >= 11 is 3.30. The zero-order valence-electron chi connectivity index (χ0n) is 8.44. The van der Waals surface area contributed by atoms with Gasteiger partial charge in [-0.3, -0.25) is 0 Å². The average Bonchev–Trinajstić information content (AvgIpc) is 2.64. The van der Waals surface area contributed by atoms with Crippen molar-refractivity contribution in [1.82, 2.24) is 14.5 Å². The van der Waals surface area contributed by atoms with Crippen LogP contribution in [-0.2, 0) is 0 Å². The summed E-state index contributed by atoms with van der Waals surface area (Å²) in [6, 6.07) is 3.80. The summed E-state index contributed by atoms with van der Waals surface area (Å²) in [7, 11) is 1.60. The molecule has 0 N–H and O–H groups in total. The molecule has 0 bridgehead atoms. The molecule has 0 spiro atoms. The molecule has 0 saturated carbocycles. The Morgan fingerprint density at radius 2 is 2.20 bits per heavy atom. The summed E-state index contributed by atoms with van der Waals surface area (Å²) in [5, 5.41) is 0. The van der Waals surface area contributed by atoms with Crippen LogP contribution in [0.1, 0.15) is 5.69 Å². The Bertz CT molecular complexity index is 481. The van der Waals surface area contributed by atoms with E-state index in [1.54, 1.807) is 13.4 Å². The molecular weight excluding hydrogens is 258 g/mol. The number of hydrogen-bond acceptors (Lipinski definition) is 3. The minimum atomic E-state index is 0.571. The fourth-order valence-electron chi connectivity index (χ4n) is 1.31. The summed E-state index contributed by atoms with van der Waals surface area (Å²) in [5.41, 5.74) is 1.83. The number of ether oxygens (including phenoxy) is 1. The second-order valence-electron chi connectivity index (χ2n) is 3.08. The quantitative estimate of drug-likeness (QED) is 0.785. The molecule has 2 rings (SSSR count). The first-order chi connectivity index (χ1) is 7.20. The highest BCUT2D eigenvalue weighted by molar-refractivity contribution is 9.10. The molecule has 0 radical (unpaired) electrons. The lowest BCUT2D eigenvalue weighted by molar-refractivity contribution is 0.395. The van der Waals surface area contributed by atoms with Crippen LogP contribution in [0.15, 0.2) is 29.3 Å². The molecule has 4 nitrogen and oxygen atoms in total. The van der Waals surface area contributed by atoms with Crippen molar-refractivity contribution in [2.75, 3.05) is 7.11 Å². The normalized spacial score (nSPS) is 10.3. The highest BCUT2D eigenvalue weighted by Crippen LogP contribution is 2.22. The van der Waals surface area contributed by atoms with Gasteiger partial charge in [-0.2, -0.15) is 0 Å². The van der Waals surface area contributed by atoms with Gasteiger partial charge in [-0.05, 0) is 35.0 Å². The van der Waals surface area contributed by atoms with Crippen molar-refractivity contribution in [3.8, 4) is 11.6 Å². The summed E-state index contributed by atoms with van der Waals surface area (Å²) in [6.07, 6.45) is 3.66. The third-order valence-electron chi connectivity index (χ3n) is 1.99. The van der Waals surface area contributed by atoms with E-state index in [1.807, 2.05) is 29.8 Å². The van der Waals surface area contributed by atoms with Gasteiger partial charge in [-0.25, -0.2) is 9.97 Å². The van der Waals surface area contributed by atoms with Gasteiger partial charge in [0.15, 0.2) is 0 Å². The topological polar surface area (TPSA) is 39.9 Å². The van der Waals surface area contributed by atoms with Gasteiger partial charge in [0.05, 0.1) is 19.1 Å². The first-order valence-corrected chi connectivity index (χ1v) is 5.21. The predicted octanol–water partition coefficient (Wildman–Crippen LogP) is 2.35. The van der Waals surface area contributed by atoms with Crippen LogP contribution in [0.25, 0.3) is 5.69 Å². The number of imidazole rings is 1. The Kier molecular flexibility index (Phi) is 2.73. The Balaban J connectivity index is 2.52. The van der Waals surface area contributed by atoms with Crippen molar-refractivity contribution in [3.63, 3.8) is 0 Å². The van der Waals surface area contributed by atoms with Gasteiger partial charge < -0.3 is 9.30 Å². The van der Waals surface area contributed by atoms with Crippen LogP contribution in [0.5, 0.6) is 5.88 Å². The summed E-state index contributed by atoms with van der Waals surface area (Å²) in [5.74, 6) is 0.571. The van der Waals surface area contributed by atoms with E-state index in [9.17, 15) is 0 Å². The molecule has 0 unspecified atom stereocenters. The Labute approximate surface area is 96.1 Å². The van der Waals surface area contributed by atoms with Crippen molar-refractivity contribution in [2.45, 2.75) is 6.92 Å². The zero-order valence-corrected chi connectivity index (χ0v) is 10.0. The summed E-state index contributed by atoms with van der Waals surface area (Å²) in [6.45, 7) is 1.94. The zero-order chi connectivity index (χ0) is 10.8. The third-order valence-corrected chi connectivity index (χ3v) is 2.43. The number of aryl methyl sites for hydroxylation is 1. The third kappa shape index (κ3) is 2.02. The number of rotatable bonds is 2. The monoisotopic (exact) mass is 267 g/mol. The fraction of sp³-hybridized carbons (Fsp3) is 0.200. The van der Waals surface area contributed by atoms with Crippen molar-refractivity contribution in [1.29, 1.82) is 0 Å². The standard InChI is InChI=1S/C10H10BrN3O/c1-7-5-14(6-12-7)8-3-4-9(11)13-10(8)15-2/h3-6H,1-2H3. The Hall–Kier alpha value is -1.36. The van der Waals surface area contributed by atoms with Crippen molar-refractivity contribution >= 4 is 15.9 Å². The van der Waals surface area contributed by atoms with E-state index in [4.69, 9.17) is 4.74 Å². The van der Waals surface area contributed by atoms with E-state index in [0.717, 1.165) is 16.0 Å². The van der Waals surface area contributed by atoms with E-state index in [1.165, 1.54) is 0 Å². The predicted molar refractivity (Wildman–Crippen MR) is 60.3 cm³/mol. The lowest BCUT2D eigenvalue weighted by Gasteiger charge is -2.07. The van der Waals surface area contributed by atoms with Gasteiger partial charge in [0.25, 0.3) is 0 Å². The van der Waals surface area contributed by atoms with Crippen LogP contribution in [-0.4, -0.2) is 21.6 Å². The minimum absolute atomic E-state index is 0.571. The summed E-state index contributed by atoms with van der Waals surface area (Å²) < 4.78 is 7.83. The van der Waals surface area contributed by atoms with Crippen LogP contribution in [0.4, 0.5) is 0 Å². The number of pyridine rings is 1. The van der Waals surface area contributed by atoms with Gasteiger partial charge >= 0.3 is 0 Å². The number of hydrogen-bond donors (Lipinski definition) is 0. The van der Waals surface area contributed by atoms with Gasteiger partial charge in [0.1, 0.15) is 10.3 Å². The lowest BCUT2D eigenvalue weighted by Crippen LogP contribution is -1.97. The summed E-state index contributed by atoms with van der Waals surface area (Å²) in [4.78, 5) is 8.38. The lowest BCUT2D eigenvalue weighted by atomic mass is 10.4. The molecule has 78 valence electrons.